The molecule has 0 bridgehead atoms. The van der Waals surface area contributed by atoms with Crippen LogP contribution in [0.15, 0.2) is 78.0 Å². The van der Waals surface area contributed by atoms with Gasteiger partial charge in [0, 0.05) is 23.6 Å². The Bertz CT molecular complexity index is 1140. The van der Waals surface area contributed by atoms with Crippen molar-refractivity contribution in [1.82, 2.24) is 9.71 Å². The zero-order valence-electron chi connectivity index (χ0n) is 15.5. The molecule has 29 heavy (non-hydrogen) atoms. The van der Waals surface area contributed by atoms with Crippen LogP contribution in [0.2, 0.25) is 0 Å². The van der Waals surface area contributed by atoms with Crippen LogP contribution in [0, 0.1) is 12.3 Å². The second kappa shape index (κ2) is 9.15. The molecule has 1 heterocycles. The Morgan fingerprint density at radius 1 is 1.00 bits per heavy atom. The largest absolute Gasteiger partial charge is 0.322 e. The predicted molar refractivity (Wildman–Crippen MR) is 112 cm³/mol. The number of carbonyl (C=O) groups is 1. The molecule has 0 spiro atoms. The van der Waals surface area contributed by atoms with E-state index in [0.29, 0.717) is 5.69 Å². The number of benzene rings is 2. The Hall–Kier alpha value is -3.47. The highest BCUT2D eigenvalue weighted by Gasteiger charge is 2.15. The maximum atomic E-state index is 12.5. The van der Waals surface area contributed by atoms with Crippen molar-refractivity contribution in [2.24, 2.45) is 0 Å². The van der Waals surface area contributed by atoms with E-state index in [9.17, 15) is 13.2 Å². The minimum absolute atomic E-state index is 0.0203. The molecule has 0 aliphatic rings. The predicted octanol–water partition coefficient (Wildman–Crippen LogP) is 2.84. The first-order valence-electron chi connectivity index (χ1n) is 8.80. The van der Waals surface area contributed by atoms with Crippen LogP contribution in [-0.4, -0.2) is 25.9 Å². The van der Waals surface area contributed by atoms with E-state index < -0.39 is 15.9 Å². The van der Waals surface area contributed by atoms with E-state index in [1.807, 2.05) is 36.4 Å². The van der Waals surface area contributed by atoms with Crippen molar-refractivity contribution < 1.29 is 13.2 Å². The maximum absolute atomic E-state index is 12.5. The zero-order chi connectivity index (χ0) is 20.7. The summed E-state index contributed by atoms with van der Waals surface area (Å²) in [5, 5.41) is 2.77. The first kappa shape index (κ1) is 20.3. The van der Waals surface area contributed by atoms with Gasteiger partial charge in [-0.05, 0) is 60.0 Å². The first-order valence-corrected chi connectivity index (χ1v) is 10.3. The van der Waals surface area contributed by atoms with E-state index >= 15 is 0 Å². The van der Waals surface area contributed by atoms with E-state index in [-0.39, 0.29) is 17.0 Å². The Balaban J connectivity index is 1.69. The number of hydrogen-bond donors (Lipinski definition) is 2. The summed E-state index contributed by atoms with van der Waals surface area (Å²) in [4.78, 5) is 16.5. The fourth-order valence-corrected chi connectivity index (χ4v) is 3.65. The number of terminal acetylenes is 1. The third-order valence-electron chi connectivity index (χ3n) is 4.14. The topological polar surface area (TPSA) is 88.2 Å². The summed E-state index contributed by atoms with van der Waals surface area (Å²) in [6.07, 6.45) is 9.35. The second-order valence-electron chi connectivity index (χ2n) is 6.24. The van der Waals surface area contributed by atoms with E-state index in [0.717, 1.165) is 17.5 Å². The van der Waals surface area contributed by atoms with Crippen molar-refractivity contribution in [3.63, 3.8) is 0 Å². The monoisotopic (exact) mass is 405 g/mol. The first-order chi connectivity index (χ1) is 14.0. The molecule has 2 N–H and O–H groups in total. The van der Waals surface area contributed by atoms with Crippen LogP contribution >= 0.6 is 0 Å². The molecule has 0 aliphatic carbocycles. The van der Waals surface area contributed by atoms with E-state index in [1.165, 1.54) is 18.2 Å². The molecule has 2 aromatic carbocycles. The van der Waals surface area contributed by atoms with Crippen LogP contribution in [0.1, 0.15) is 21.5 Å². The van der Waals surface area contributed by atoms with Gasteiger partial charge in [0.2, 0.25) is 10.0 Å². The second-order valence-corrected chi connectivity index (χ2v) is 8.01. The average molecular weight is 405 g/mol. The van der Waals surface area contributed by atoms with Gasteiger partial charge < -0.3 is 5.32 Å². The molecule has 146 valence electrons. The molecule has 1 amide bonds. The highest BCUT2D eigenvalue weighted by molar-refractivity contribution is 7.89. The van der Waals surface area contributed by atoms with Crippen LogP contribution in [0.25, 0.3) is 0 Å². The standard InChI is InChI=1S/C22H19N3O3S/c1-2-12-24-29(27,28)21-5-3-4-19(16-21)22(26)25-20-8-6-17(7-9-20)15-18-10-13-23-14-11-18/h1,3-11,13-14,16,24H,12,15H2,(H,25,26). The minimum Gasteiger partial charge on any atom is -0.322 e. The molecule has 0 saturated heterocycles. The lowest BCUT2D eigenvalue weighted by molar-refractivity contribution is 0.102. The minimum atomic E-state index is -3.76. The fraction of sp³-hybridized carbons (Fsp3) is 0.0909. The Morgan fingerprint density at radius 2 is 1.69 bits per heavy atom. The van der Waals surface area contributed by atoms with Crippen molar-refractivity contribution in [1.29, 1.82) is 0 Å². The molecule has 1 aromatic heterocycles. The van der Waals surface area contributed by atoms with E-state index in [4.69, 9.17) is 6.42 Å². The maximum Gasteiger partial charge on any atom is 0.255 e. The number of carbonyl (C=O) groups excluding carboxylic acids is 1. The van der Waals surface area contributed by atoms with E-state index in [1.54, 1.807) is 18.5 Å². The van der Waals surface area contributed by atoms with Gasteiger partial charge in [-0.2, -0.15) is 4.72 Å². The molecule has 0 fully saturated rings. The fourth-order valence-electron chi connectivity index (χ4n) is 2.67. The summed E-state index contributed by atoms with van der Waals surface area (Å²) >= 11 is 0. The smallest absolute Gasteiger partial charge is 0.255 e. The Morgan fingerprint density at radius 3 is 2.38 bits per heavy atom. The number of aromatic nitrogens is 1. The van der Waals surface area contributed by atoms with Crippen LogP contribution in [0.5, 0.6) is 0 Å². The van der Waals surface area contributed by atoms with Gasteiger partial charge in [-0.25, -0.2) is 8.42 Å². The van der Waals surface area contributed by atoms with Gasteiger partial charge in [-0.3, -0.25) is 9.78 Å². The molecule has 0 atom stereocenters. The molecule has 3 rings (SSSR count). The number of amides is 1. The van der Waals surface area contributed by atoms with Gasteiger partial charge >= 0.3 is 0 Å². The third-order valence-corrected chi connectivity index (χ3v) is 5.54. The SMILES string of the molecule is C#CCNS(=O)(=O)c1cccc(C(=O)Nc2ccc(Cc3ccncc3)cc2)c1. The highest BCUT2D eigenvalue weighted by atomic mass is 32.2. The number of pyridine rings is 1. The summed E-state index contributed by atoms with van der Waals surface area (Å²) in [6.45, 7) is -0.120. The van der Waals surface area contributed by atoms with Crippen molar-refractivity contribution in [2.75, 3.05) is 11.9 Å². The molecule has 3 aromatic rings. The van der Waals surface area contributed by atoms with Crippen molar-refractivity contribution in [2.45, 2.75) is 11.3 Å². The lowest BCUT2D eigenvalue weighted by atomic mass is 10.1. The summed E-state index contributed by atoms with van der Waals surface area (Å²) in [5.41, 5.74) is 3.09. The summed E-state index contributed by atoms with van der Waals surface area (Å²) < 4.78 is 26.6. The van der Waals surface area contributed by atoms with Crippen molar-refractivity contribution in [3.8, 4) is 12.3 Å². The van der Waals surface area contributed by atoms with Crippen molar-refractivity contribution in [3.05, 3.63) is 89.7 Å². The van der Waals surface area contributed by atoms with Crippen LogP contribution in [0.4, 0.5) is 5.69 Å². The third kappa shape index (κ3) is 5.51. The number of nitrogens with zero attached hydrogens (tertiary/aromatic N) is 1. The van der Waals surface area contributed by atoms with Gasteiger partial charge in [-0.15, -0.1) is 6.42 Å². The van der Waals surface area contributed by atoms with Gasteiger partial charge in [0.1, 0.15) is 0 Å². The number of nitrogens with one attached hydrogen (secondary N) is 2. The highest BCUT2D eigenvalue weighted by Crippen LogP contribution is 2.16. The van der Waals surface area contributed by atoms with Gasteiger partial charge in [0.25, 0.3) is 5.91 Å². The number of rotatable bonds is 7. The number of hydrogen-bond acceptors (Lipinski definition) is 4. The summed E-state index contributed by atoms with van der Waals surface area (Å²) in [6, 6.07) is 17.2. The Kier molecular flexibility index (Phi) is 6.39. The molecule has 0 radical (unpaired) electrons. The molecule has 0 aliphatic heterocycles. The molecule has 6 nitrogen and oxygen atoms in total. The van der Waals surface area contributed by atoms with Crippen molar-refractivity contribution >= 4 is 21.6 Å². The quantitative estimate of drug-likeness (QED) is 0.592. The summed E-state index contributed by atoms with van der Waals surface area (Å²) in [7, 11) is -3.76. The molecule has 7 heteroatoms. The van der Waals surface area contributed by atoms with Gasteiger partial charge in [0.05, 0.1) is 11.4 Å². The average Bonchev–Trinajstić information content (AvgIpc) is 2.74. The molecular weight excluding hydrogens is 386 g/mol. The molecule has 0 unspecified atom stereocenters. The molecular formula is C22H19N3O3S. The van der Waals surface area contributed by atoms with E-state index in [2.05, 4.69) is 20.9 Å². The van der Waals surface area contributed by atoms with Gasteiger partial charge in [0.15, 0.2) is 0 Å². The normalized spacial score (nSPS) is 10.9. The molecule has 0 saturated carbocycles. The van der Waals surface area contributed by atoms with Crippen LogP contribution < -0.4 is 10.0 Å². The van der Waals surface area contributed by atoms with Crippen LogP contribution in [-0.2, 0) is 16.4 Å². The lowest BCUT2D eigenvalue weighted by Gasteiger charge is -2.09. The number of anilines is 1. The lowest BCUT2D eigenvalue weighted by Crippen LogP contribution is -2.24. The number of sulfonamides is 1. The Labute approximate surface area is 170 Å². The summed E-state index contributed by atoms with van der Waals surface area (Å²) in [5.74, 6) is 1.81. The zero-order valence-corrected chi connectivity index (χ0v) is 16.3. The van der Waals surface area contributed by atoms with Crippen LogP contribution in [0.3, 0.4) is 0 Å². The van der Waals surface area contributed by atoms with Gasteiger partial charge in [-0.1, -0.05) is 24.1 Å².